The molecule has 126 valence electrons. The molecule has 0 fully saturated rings. The largest absolute Gasteiger partial charge is 0.480 e. The number of likely N-dealkylation sites (N-methyl/N-ethyl adjacent to an activating group) is 1. The van der Waals surface area contributed by atoms with Gasteiger partial charge in [0.1, 0.15) is 6.04 Å². The van der Waals surface area contributed by atoms with E-state index in [-0.39, 0.29) is 6.54 Å². The minimum Gasteiger partial charge on any atom is -0.480 e. The smallest absolute Gasteiger partial charge is 0.327 e. The maximum atomic E-state index is 12.2. The van der Waals surface area contributed by atoms with E-state index in [0.29, 0.717) is 5.56 Å². The molecule has 1 atom stereocenters. The van der Waals surface area contributed by atoms with Crippen LogP contribution in [0.4, 0.5) is 0 Å². The van der Waals surface area contributed by atoms with E-state index in [1.807, 2.05) is 12.1 Å². The summed E-state index contributed by atoms with van der Waals surface area (Å²) < 4.78 is 0. The standard InChI is InChI=1S/C19H22N2O3/c1-3-13-4-6-14(7-5-13)15-8-10-16(11-9-15)18(22)21-17(12-20-2)19(23)24/h4-11,17,20H,3,12H2,1-2H3,(H,21,22)(H,23,24). The lowest BCUT2D eigenvalue weighted by atomic mass is 10.0. The van der Waals surface area contributed by atoms with Crippen molar-refractivity contribution < 1.29 is 14.7 Å². The summed E-state index contributed by atoms with van der Waals surface area (Å²) in [6, 6.07) is 14.5. The van der Waals surface area contributed by atoms with Gasteiger partial charge < -0.3 is 15.7 Å². The van der Waals surface area contributed by atoms with Gasteiger partial charge in [-0.15, -0.1) is 0 Å². The van der Waals surface area contributed by atoms with Crippen molar-refractivity contribution in [2.75, 3.05) is 13.6 Å². The number of carboxylic acids is 1. The van der Waals surface area contributed by atoms with E-state index in [4.69, 9.17) is 5.11 Å². The predicted octanol–water partition coefficient (Wildman–Crippen LogP) is 2.32. The summed E-state index contributed by atoms with van der Waals surface area (Å²) in [5, 5.41) is 14.3. The average Bonchev–Trinajstić information content (AvgIpc) is 2.61. The van der Waals surface area contributed by atoms with Crippen LogP contribution in [-0.2, 0) is 11.2 Å². The van der Waals surface area contributed by atoms with Crippen LogP contribution >= 0.6 is 0 Å². The number of nitrogens with one attached hydrogen (secondary N) is 2. The van der Waals surface area contributed by atoms with E-state index in [1.165, 1.54) is 5.56 Å². The first kappa shape index (κ1) is 17.7. The van der Waals surface area contributed by atoms with Crippen LogP contribution in [0.15, 0.2) is 48.5 Å². The number of amides is 1. The van der Waals surface area contributed by atoms with Crippen molar-refractivity contribution in [3.8, 4) is 11.1 Å². The van der Waals surface area contributed by atoms with Crippen LogP contribution in [0.2, 0.25) is 0 Å². The van der Waals surface area contributed by atoms with Crippen molar-refractivity contribution in [2.24, 2.45) is 0 Å². The van der Waals surface area contributed by atoms with Gasteiger partial charge in [-0.25, -0.2) is 4.79 Å². The van der Waals surface area contributed by atoms with Gasteiger partial charge >= 0.3 is 5.97 Å². The minimum atomic E-state index is -1.06. The van der Waals surface area contributed by atoms with Crippen LogP contribution < -0.4 is 10.6 Å². The SMILES string of the molecule is CCc1ccc(-c2ccc(C(=O)NC(CNC)C(=O)O)cc2)cc1. The molecule has 2 aromatic rings. The quantitative estimate of drug-likeness (QED) is 0.730. The fourth-order valence-corrected chi connectivity index (χ4v) is 2.39. The third-order valence-electron chi connectivity index (χ3n) is 3.85. The second kappa shape index (κ2) is 8.26. The summed E-state index contributed by atoms with van der Waals surface area (Å²) in [6.45, 7) is 2.28. The second-order valence-electron chi connectivity index (χ2n) is 5.55. The highest BCUT2D eigenvalue weighted by atomic mass is 16.4. The highest BCUT2D eigenvalue weighted by Gasteiger charge is 2.19. The number of hydrogen-bond acceptors (Lipinski definition) is 3. The molecule has 0 aliphatic carbocycles. The Morgan fingerprint density at radius 1 is 1.00 bits per heavy atom. The van der Waals surface area contributed by atoms with Gasteiger partial charge in [-0.3, -0.25) is 4.79 Å². The lowest BCUT2D eigenvalue weighted by Crippen LogP contribution is -2.46. The van der Waals surface area contributed by atoms with Crippen molar-refractivity contribution in [3.63, 3.8) is 0 Å². The fraction of sp³-hybridized carbons (Fsp3) is 0.263. The van der Waals surface area contributed by atoms with Gasteiger partial charge in [-0.1, -0.05) is 43.3 Å². The molecule has 2 rings (SSSR count). The van der Waals surface area contributed by atoms with E-state index in [1.54, 1.807) is 19.2 Å². The number of aryl methyl sites for hydroxylation is 1. The normalized spacial score (nSPS) is 11.8. The van der Waals surface area contributed by atoms with Crippen LogP contribution in [0.3, 0.4) is 0 Å². The molecule has 1 amide bonds. The maximum absolute atomic E-state index is 12.2. The zero-order chi connectivity index (χ0) is 17.5. The molecular weight excluding hydrogens is 304 g/mol. The Labute approximate surface area is 141 Å². The number of aliphatic carboxylic acids is 1. The highest BCUT2D eigenvalue weighted by molar-refractivity contribution is 5.97. The average molecular weight is 326 g/mol. The molecule has 0 aromatic heterocycles. The minimum absolute atomic E-state index is 0.170. The van der Waals surface area contributed by atoms with Gasteiger partial charge in [0.2, 0.25) is 0 Å². The molecule has 0 heterocycles. The lowest BCUT2D eigenvalue weighted by Gasteiger charge is -2.14. The Morgan fingerprint density at radius 2 is 1.54 bits per heavy atom. The van der Waals surface area contributed by atoms with Gasteiger partial charge in [-0.05, 0) is 42.3 Å². The lowest BCUT2D eigenvalue weighted by molar-refractivity contribution is -0.139. The Morgan fingerprint density at radius 3 is 2.00 bits per heavy atom. The van der Waals surface area contributed by atoms with Crippen molar-refractivity contribution in [1.29, 1.82) is 0 Å². The van der Waals surface area contributed by atoms with Crippen molar-refractivity contribution in [2.45, 2.75) is 19.4 Å². The summed E-state index contributed by atoms with van der Waals surface area (Å²) in [5.74, 6) is -1.46. The molecule has 24 heavy (non-hydrogen) atoms. The first-order valence-corrected chi connectivity index (χ1v) is 7.92. The zero-order valence-corrected chi connectivity index (χ0v) is 13.9. The number of rotatable bonds is 7. The van der Waals surface area contributed by atoms with E-state index in [0.717, 1.165) is 17.5 Å². The summed E-state index contributed by atoms with van der Waals surface area (Å²) in [7, 11) is 1.64. The molecule has 3 N–H and O–H groups in total. The van der Waals surface area contributed by atoms with E-state index in [2.05, 4.69) is 41.8 Å². The van der Waals surface area contributed by atoms with Crippen LogP contribution in [0, 0.1) is 0 Å². The van der Waals surface area contributed by atoms with Crippen molar-refractivity contribution in [3.05, 3.63) is 59.7 Å². The van der Waals surface area contributed by atoms with Crippen LogP contribution in [0.1, 0.15) is 22.8 Å². The Hall–Kier alpha value is -2.66. The molecule has 1 unspecified atom stereocenters. The molecule has 0 aliphatic heterocycles. The Balaban J connectivity index is 2.10. The molecule has 0 spiro atoms. The van der Waals surface area contributed by atoms with Crippen molar-refractivity contribution in [1.82, 2.24) is 10.6 Å². The molecule has 0 bridgehead atoms. The van der Waals surface area contributed by atoms with Crippen LogP contribution in [0.25, 0.3) is 11.1 Å². The predicted molar refractivity (Wildman–Crippen MR) is 94.1 cm³/mol. The van der Waals surface area contributed by atoms with Crippen molar-refractivity contribution >= 4 is 11.9 Å². The van der Waals surface area contributed by atoms with E-state index in [9.17, 15) is 9.59 Å². The summed E-state index contributed by atoms with van der Waals surface area (Å²) in [4.78, 5) is 23.3. The van der Waals surface area contributed by atoms with E-state index < -0.39 is 17.9 Å². The summed E-state index contributed by atoms with van der Waals surface area (Å²) >= 11 is 0. The molecule has 5 nitrogen and oxygen atoms in total. The van der Waals surface area contributed by atoms with Gasteiger partial charge in [0, 0.05) is 12.1 Å². The molecule has 0 radical (unpaired) electrons. The third-order valence-corrected chi connectivity index (χ3v) is 3.85. The van der Waals surface area contributed by atoms with Crippen LogP contribution in [0.5, 0.6) is 0 Å². The molecule has 5 heteroatoms. The monoisotopic (exact) mass is 326 g/mol. The second-order valence-corrected chi connectivity index (χ2v) is 5.55. The Bertz CT molecular complexity index is 694. The van der Waals surface area contributed by atoms with Gasteiger partial charge in [0.25, 0.3) is 5.91 Å². The van der Waals surface area contributed by atoms with Gasteiger partial charge in [0.05, 0.1) is 0 Å². The van der Waals surface area contributed by atoms with Gasteiger partial charge in [0.15, 0.2) is 0 Å². The Kier molecular flexibility index (Phi) is 6.09. The maximum Gasteiger partial charge on any atom is 0.327 e. The number of carbonyl (C=O) groups excluding carboxylic acids is 1. The molecule has 0 aliphatic rings. The summed E-state index contributed by atoms with van der Waals surface area (Å²) in [5.41, 5.74) is 3.81. The van der Waals surface area contributed by atoms with Gasteiger partial charge in [-0.2, -0.15) is 0 Å². The number of carboxylic acid groups (broad SMARTS) is 1. The number of hydrogen-bond donors (Lipinski definition) is 3. The molecule has 0 saturated heterocycles. The number of benzene rings is 2. The van der Waals surface area contributed by atoms with E-state index >= 15 is 0 Å². The fourth-order valence-electron chi connectivity index (χ4n) is 2.39. The molecular formula is C19H22N2O3. The molecule has 0 saturated carbocycles. The highest BCUT2D eigenvalue weighted by Crippen LogP contribution is 2.20. The first-order chi connectivity index (χ1) is 11.5. The summed E-state index contributed by atoms with van der Waals surface area (Å²) in [6.07, 6.45) is 0.997. The third kappa shape index (κ3) is 4.43. The van der Waals surface area contributed by atoms with Crippen LogP contribution in [-0.4, -0.2) is 36.6 Å². The molecule has 2 aromatic carbocycles. The topological polar surface area (TPSA) is 78.4 Å². The number of carbonyl (C=O) groups is 2. The zero-order valence-electron chi connectivity index (χ0n) is 13.9. The first-order valence-electron chi connectivity index (χ1n) is 7.92.